The van der Waals surface area contributed by atoms with E-state index >= 15 is 0 Å². The molecule has 1 heterocycles. The summed E-state index contributed by atoms with van der Waals surface area (Å²) in [5, 5.41) is 3.35. The molecule has 2 rings (SSSR count). The molecule has 2 nitrogen and oxygen atoms in total. The minimum Gasteiger partial charge on any atom is -0.314 e. The minimum atomic E-state index is -4.27. The predicted molar refractivity (Wildman–Crippen MR) is 73.5 cm³/mol. The first-order valence-corrected chi connectivity index (χ1v) is 6.86. The third-order valence-corrected chi connectivity index (χ3v) is 4.05. The molecular formula is C15H21F3N2. The van der Waals surface area contributed by atoms with Gasteiger partial charge in [0.05, 0.1) is 5.56 Å². The Balaban J connectivity index is 2.18. The lowest BCUT2D eigenvalue weighted by Gasteiger charge is -2.46. The van der Waals surface area contributed by atoms with Gasteiger partial charge in [0, 0.05) is 31.2 Å². The van der Waals surface area contributed by atoms with Crippen molar-refractivity contribution in [2.24, 2.45) is 0 Å². The van der Waals surface area contributed by atoms with Gasteiger partial charge in [-0.1, -0.05) is 12.1 Å². The fraction of sp³-hybridized carbons (Fsp3) is 0.600. The van der Waals surface area contributed by atoms with Gasteiger partial charge in [-0.15, -0.1) is 0 Å². The fourth-order valence-electron chi connectivity index (χ4n) is 2.85. The molecule has 112 valence electrons. The fourth-order valence-corrected chi connectivity index (χ4v) is 2.85. The van der Waals surface area contributed by atoms with Gasteiger partial charge >= 0.3 is 6.18 Å². The van der Waals surface area contributed by atoms with Crippen molar-refractivity contribution >= 4 is 0 Å². The largest absolute Gasteiger partial charge is 0.416 e. The van der Waals surface area contributed by atoms with Crippen molar-refractivity contribution in [2.75, 3.05) is 19.6 Å². The number of nitrogens with zero attached hydrogens (tertiary/aromatic N) is 1. The van der Waals surface area contributed by atoms with E-state index in [1.54, 1.807) is 12.1 Å². The van der Waals surface area contributed by atoms with E-state index < -0.39 is 11.7 Å². The Morgan fingerprint density at radius 2 is 1.80 bits per heavy atom. The first-order valence-electron chi connectivity index (χ1n) is 6.86. The highest BCUT2D eigenvalue weighted by Crippen LogP contribution is 2.32. The van der Waals surface area contributed by atoms with Gasteiger partial charge in [-0.3, -0.25) is 4.90 Å². The van der Waals surface area contributed by atoms with Gasteiger partial charge in [-0.05, 0) is 38.5 Å². The van der Waals surface area contributed by atoms with E-state index in [2.05, 4.69) is 31.0 Å². The number of halogens is 3. The zero-order valence-corrected chi connectivity index (χ0v) is 12.1. The van der Waals surface area contributed by atoms with Crippen molar-refractivity contribution < 1.29 is 13.2 Å². The zero-order chi connectivity index (χ0) is 15.0. The standard InChI is InChI=1S/C15H21F3N2/c1-11(20-9-8-19-10-14(20,2)3)12-4-6-13(7-5-12)15(16,17)18/h4-7,11,19H,8-10H2,1-3H3. The molecule has 0 bridgehead atoms. The molecule has 1 atom stereocenters. The number of rotatable bonds is 2. The lowest BCUT2D eigenvalue weighted by Crippen LogP contribution is -2.58. The molecule has 0 amide bonds. The van der Waals surface area contributed by atoms with Crippen LogP contribution in [0.25, 0.3) is 0 Å². The van der Waals surface area contributed by atoms with E-state index in [1.807, 2.05) is 0 Å². The molecule has 1 aromatic rings. The summed E-state index contributed by atoms with van der Waals surface area (Å²) in [6, 6.07) is 5.62. The van der Waals surface area contributed by atoms with Crippen molar-refractivity contribution in [3.8, 4) is 0 Å². The summed E-state index contributed by atoms with van der Waals surface area (Å²) in [6.45, 7) is 9.05. The SMILES string of the molecule is CC(c1ccc(C(F)(F)F)cc1)N1CCNCC1(C)C. The van der Waals surface area contributed by atoms with Crippen LogP contribution >= 0.6 is 0 Å². The van der Waals surface area contributed by atoms with Gasteiger partial charge in [-0.2, -0.15) is 13.2 Å². The second-order valence-corrected chi connectivity index (χ2v) is 5.98. The van der Waals surface area contributed by atoms with Gasteiger partial charge in [-0.25, -0.2) is 0 Å². The van der Waals surface area contributed by atoms with Gasteiger partial charge in [0.2, 0.25) is 0 Å². The second-order valence-electron chi connectivity index (χ2n) is 5.98. The number of nitrogens with one attached hydrogen (secondary N) is 1. The molecule has 1 fully saturated rings. The maximum atomic E-state index is 12.6. The molecule has 1 aliphatic heterocycles. The van der Waals surface area contributed by atoms with E-state index in [4.69, 9.17) is 0 Å². The zero-order valence-electron chi connectivity index (χ0n) is 12.1. The molecule has 5 heteroatoms. The molecule has 0 saturated carbocycles. The van der Waals surface area contributed by atoms with Gasteiger partial charge in [0.25, 0.3) is 0 Å². The maximum Gasteiger partial charge on any atom is 0.416 e. The third kappa shape index (κ3) is 3.15. The van der Waals surface area contributed by atoms with E-state index in [0.717, 1.165) is 25.2 Å². The van der Waals surface area contributed by atoms with Crippen LogP contribution < -0.4 is 5.32 Å². The van der Waals surface area contributed by atoms with Crippen LogP contribution in [0.1, 0.15) is 37.9 Å². The number of benzene rings is 1. The van der Waals surface area contributed by atoms with Crippen LogP contribution in [0.15, 0.2) is 24.3 Å². The van der Waals surface area contributed by atoms with Gasteiger partial charge in [0.1, 0.15) is 0 Å². The summed E-state index contributed by atoms with van der Waals surface area (Å²) in [5.74, 6) is 0. The van der Waals surface area contributed by atoms with Crippen LogP contribution in [-0.2, 0) is 6.18 Å². The van der Waals surface area contributed by atoms with Crippen molar-refractivity contribution in [2.45, 2.75) is 38.5 Å². The number of alkyl halides is 3. The normalized spacial score (nSPS) is 21.7. The van der Waals surface area contributed by atoms with Crippen molar-refractivity contribution in [1.29, 1.82) is 0 Å². The molecule has 0 aliphatic carbocycles. The number of piperazine rings is 1. The molecule has 1 unspecified atom stereocenters. The highest BCUT2D eigenvalue weighted by atomic mass is 19.4. The minimum absolute atomic E-state index is 0.000362. The lowest BCUT2D eigenvalue weighted by molar-refractivity contribution is -0.137. The Morgan fingerprint density at radius 3 is 2.30 bits per heavy atom. The second kappa shape index (κ2) is 5.37. The van der Waals surface area contributed by atoms with Crippen LogP contribution in [0, 0.1) is 0 Å². The first-order chi connectivity index (χ1) is 9.22. The smallest absolute Gasteiger partial charge is 0.314 e. The molecular weight excluding hydrogens is 265 g/mol. The Bertz CT molecular complexity index is 451. The third-order valence-electron chi connectivity index (χ3n) is 4.05. The summed E-state index contributed by atoms with van der Waals surface area (Å²) in [5.41, 5.74) is 0.335. The summed E-state index contributed by atoms with van der Waals surface area (Å²) >= 11 is 0. The highest BCUT2D eigenvalue weighted by molar-refractivity contribution is 5.27. The monoisotopic (exact) mass is 286 g/mol. The van der Waals surface area contributed by atoms with E-state index in [1.165, 1.54) is 12.1 Å². The molecule has 1 aromatic carbocycles. The summed E-state index contributed by atoms with van der Waals surface area (Å²) in [4.78, 5) is 2.34. The Morgan fingerprint density at radius 1 is 1.20 bits per heavy atom. The summed E-state index contributed by atoms with van der Waals surface area (Å²) in [6.07, 6.45) is -4.27. The summed E-state index contributed by atoms with van der Waals surface area (Å²) < 4.78 is 37.7. The lowest BCUT2D eigenvalue weighted by atomic mass is 9.94. The van der Waals surface area contributed by atoms with Crippen molar-refractivity contribution in [1.82, 2.24) is 10.2 Å². The van der Waals surface area contributed by atoms with Gasteiger partial charge in [0.15, 0.2) is 0 Å². The van der Waals surface area contributed by atoms with Crippen molar-refractivity contribution in [3.63, 3.8) is 0 Å². The van der Waals surface area contributed by atoms with Gasteiger partial charge < -0.3 is 5.32 Å². The number of hydrogen-bond acceptors (Lipinski definition) is 2. The van der Waals surface area contributed by atoms with E-state index in [9.17, 15) is 13.2 Å². The molecule has 1 saturated heterocycles. The molecule has 1 N–H and O–H groups in total. The van der Waals surface area contributed by atoms with Crippen LogP contribution in [0.5, 0.6) is 0 Å². The molecule has 0 spiro atoms. The van der Waals surface area contributed by atoms with Crippen LogP contribution in [0.4, 0.5) is 13.2 Å². The summed E-state index contributed by atoms with van der Waals surface area (Å²) in [7, 11) is 0. The van der Waals surface area contributed by atoms with E-state index in [-0.39, 0.29) is 11.6 Å². The molecule has 0 aromatic heterocycles. The average Bonchev–Trinajstić information content (AvgIpc) is 2.36. The Hall–Kier alpha value is -1.07. The van der Waals surface area contributed by atoms with Crippen LogP contribution in [-0.4, -0.2) is 30.1 Å². The topological polar surface area (TPSA) is 15.3 Å². The Labute approximate surface area is 118 Å². The van der Waals surface area contributed by atoms with Crippen LogP contribution in [0.3, 0.4) is 0 Å². The molecule has 20 heavy (non-hydrogen) atoms. The number of hydrogen-bond donors (Lipinski definition) is 1. The predicted octanol–water partition coefficient (Wildman–Crippen LogP) is 3.45. The molecule has 1 aliphatic rings. The van der Waals surface area contributed by atoms with E-state index in [0.29, 0.717) is 0 Å². The molecule has 0 radical (unpaired) electrons. The highest BCUT2D eigenvalue weighted by Gasteiger charge is 2.34. The van der Waals surface area contributed by atoms with Crippen LogP contribution in [0.2, 0.25) is 0 Å². The Kier molecular flexibility index (Phi) is 4.12. The van der Waals surface area contributed by atoms with Crippen molar-refractivity contribution in [3.05, 3.63) is 35.4 Å². The quantitative estimate of drug-likeness (QED) is 0.896. The average molecular weight is 286 g/mol. The maximum absolute atomic E-state index is 12.6. The first kappa shape index (κ1) is 15.3.